The highest BCUT2D eigenvalue weighted by molar-refractivity contribution is 4.92. The van der Waals surface area contributed by atoms with Crippen LogP contribution in [0.4, 0.5) is 0 Å². The van der Waals surface area contributed by atoms with Crippen molar-refractivity contribution in [1.82, 2.24) is 4.90 Å². The molecule has 45 valence electrons. The Labute approximate surface area is 49.4 Å². The summed E-state index contributed by atoms with van der Waals surface area (Å²) < 4.78 is 5.04. The second kappa shape index (κ2) is 1.71. The van der Waals surface area contributed by atoms with E-state index in [4.69, 9.17) is 4.74 Å². The Kier molecular flexibility index (Phi) is 1.02. The first-order valence-corrected chi connectivity index (χ1v) is 3.10. The molecule has 2 heteroatoms. The first kappa shape index (κ1) is 4.77. The number of hydrogen-bond acceptors (Lipinski definition) is 2. The molecule has 2 aliphatic heterocycles. The minimum atomic E-state index is 0.764. The van der Waals surface area contributed by atoms with Crippen molar-refractivity contribution in [3.05, 3.63) is 6.42 Å². The van der Waals surface area contributed by atoms with Crippen LogP contribution in [0.3, 0.4) is 0 Å². The number of ether oxygens (including phenoxy) is 1. The first-order valence-electron chi connectivity index (χ1n) is 3.10. The molecule has 0 bridgehead atoms. The standard InChI is InChI=1S/C6H10NO/c1-2-7(3-1)6-4-8-5-6/h1,6H,2-5H2. The molecule has 2 aliphatic rings. The molecule has 0 aromatic heterocycles. The lowest BCUT2D eigenvalue weighted by molar-refractivity contribution is -0.0725. The zero-order valence-corrected chi connectivity index (χ0v) is 4.84. The molecule has 2 saturated heterocycles. The van der Waals surface area contributed by atoms with E-state index in [9.17, 15) is 0 Å². The van der Waals surface area contributed by atoms with Gasteiger partial charge in [0.2, 0.25) is 0 Å². The summed E-state index contributed by atoms with van der Waals surface area (Å²) in [4.78, 5) is 2.43. The van der Waals surface area contributed by atoms with Gasteiger partial charge in [-0.25, -0.2) is 0 Å². The van der Waals surface area contributed by atoms with Crippen LogP contribution in [0.1, 0.15) is 0 Å². The van der Waals surface area contributed by atoms with E-state index < -0.39 is 0 Å². The van der Waals surface area contributed by atoms with E-state index in [2.05, 4.69) is 11.3 Å². The maximum Gasteiger partial charge on any atom is 0.0645 e. The van der Waals surface area contributed by atoms with Gasteiger partial charge in [-0.1, -0.05) is 0 Å². The van der Waals surface area contributed by atoms with Crippen LogP contribution < -0.4 is 0 Å². The van der Waals surface area contributed by atoms with Gasteiger partial charge in [-0.2, -0.15) is 0 Å². The molecule has 0 saturated carbocycles. The summed E-state index contributed by atoms with van der Waals surface area (Å²) in [5.41, 5.74) is 0. The lowest BCUT2D eigenvalue weighted by Gasteiger charge is -2.42. The van der Waals surface area contributed by atoms with Crippen LogP contribution in [0.15, 0.2) is 0 Å². The van der Waals surface area contributed by atoms with E-state index >= 15 is 0 Å². The summed E-state index contributed by atoms with van der Waals surface area (Å²) >= 11 is 0. The Morgan fingerprint density at radius 3 is 2.25 bits per heavy atom. The van der Waals surface area contributed by atoms with E-state index in [-0.39, 0.29) is 0 Å². The molecular formula is C6H10NO. The van der Waals surface area contributed by atoms with Crippen LogP contribution in [0.5, 0.6) is 0 Å². The van der Waals surface area contributed by atoms with Crippen molar-refractivity contribution < 1.29 is 4.74 Å². The third-order valence-electron chi connectivity index (χ3n) is 1.86. The normalized spacial score (nSPS) is 31.5. The maximum atomic E-state index is 5.04. The van der Waals surface area contributed by atoms with Crippen LogP contribution in [-0.2, 0) is 4.74 Å². The molecule has 0 atom stereocenters. The van der Waals surface area contributed by atoms with Gasteiger partial charge < -0.3 is 4.74 Å². The van der Waals surface area contributed by atoms with Gasteiger partial charge in [0.15, 0.2) is 0 Å². The highest BCUT2D eigenvalue weighted by Crippen LogP contribution is 2.15. The van der Waals surface area contributed by atoms with Crippen molar-refractivity contribution in [3.63, 3.8) is 0 Å². The summed E-state index contributed by atoms with van der Waals surface area (Å²) in [5.74, 6) is 0. The smallest absolute Gasteiger partial charge is 0.0645 e. The fraction of sp³-hybridized carbons (Fsp3) is 0.833. The second-order valence-electron chi connectivity index (χ2n) is 2.43. The Hall–Kier alpha value is -0.0800. The third kappa shape index (κ3) is 0.565. The molecule has 0 aromatic rings. The molecule has 1 radical (unpaired) electrons. The molecule has 0 spiro atoms. The Bertz CT molecular complexity index is 74.5. The summed E-state index contributed by atoms with van der Waals surface area (Å²) in [6.07, 6.45) is 2.29. The average molecular weight is 112 g/mol. The summed E-state index contributed by atoms with van der Waals surface area (Å²) in [5, 5.41) is 0. The predicted octanol–water partition coefficient (Wildman–Crippen LogP) is -0.0949. The van der Waals surface area contributed by atoms with Crippen LogP contribution in [0.25, 0.3) is 0 Å². The van der Waals surface area contributed by atoms with Crippen molar-refractivity contribution >= 4 is 0 Å². The summed E-state index contributed by atoms with van der Waals surface area (Å²) in [6, 6.07) is 0.764. The van der Waals surface area contributed by atoms with Crippen molar-refractivity contribution in [2.24, 2.45) is 0 Å². The van der Waals surface area contributed by atoms with E-state index in [1.807, 2.05) is 0 Å². The van der Waals surface area contributed by atoms with Gasteiger partial charge in [0.1, 0.15) is 0 Å². The van der Waals surface area contributed by atoms with Crippen LogP contribution in [0, 0.1) is 6.42 Å². The average Bonchev–Trinajstić information content (AvgIpc) is 1.47. The van der Waals surface area contributed by atoms with Gasteiger partial charge in [-0.05, 0) is 6.42 Å². The van der Waals surface area contributed by atoms with Crippen molar-refractivity contribution in [3.8, 4) is 0 Å². The number of nitrogens with zero attached hydrogens (tertiary/aromatic N) is 1. The maximum absolute atomic E-state index is 5.04. The van der Waals surface area contributed by atoms with Crippen LogP contribution >= 0.6 is 0 Å². The number of hydrogen-bond donors (Lipinski definition) is 0. The van der Waals surface area contributed by atoms with Crippen LogP contribution in [0.2, 0.25) is 0 Å². The van der Waals surface area contributed by atoms with Gasteiger partial charge in [0.25, 0.3) is 0 Å². The molecule has 0 N–H and O–H groups in total. The molecule has 0 unspecified atom stereocenters. The highest BCUT2D eigenvalue weighted by atomic mass is 16.5. The Balaban J connectivity index is 1.79. The SMILES string of the molecule is [CH]1CN(C2COC2)C1. The fourth-order valence-electron chi connectivity index (χ4n) is 1.01. The van der Waals surface area contributed by atoms with E-state index in [1.54, 1.807) is 0 Å². The molecule has 0 aliphatic carbocycles. The first-order chi connectivity index (χ1) is 3.97. The van der Waals surface area contributed by atoms with Crippen LogP contribution in [-0.4, -0.2) is 37.2 Å². The van der Waals surface area contributed by atoms with E-state index in [0.29, 0.717) is 0 Å². The second-order valence-corrected chi connectivity index (χ2v) is 2.43. The third-order valence-corrected chi connectivity index (χ3v) is 1.86. The summed E-state index contributed by atoms with van der Waals surface area (Å²) in [7, 11) is 0. The quantitative estimate of drug-likeness (QED) is 0.470. The Morgan fingerprint density at radius 1 is 1.38 bits per heavy atom. The molecule has 2 fully saturated rings. The molecule has 2 nitrogen and oxygen atoms in total. The molecule has 8 heavy (non-hydrogen) atoms. The topological polar surface area (TPSA) is 12.5 Å². The van der Waals surface area contributed by atoms with Gasteiger partial charge in [0.05, 0.1) is 19.3 Å². The predicted molar refractivity (Wildman–Crippen MR) is 30.5 cm³/mol. The number of likely N-dealkylation sites (tertiary alicyclic amines) is 1. The largest absolute Gasteiger partial charge is 0.378 e. The van der Waals surface area contributed by atoms with E-state index in [1.165, 1.54) is 13.1 Å². The molecule has 0 amide bonds. The number of rotatable bonds is 1. The fourth-order valence-corrected chi connectivity index (χ4v) is 1.01. The van der Waals surface area contributed by atoms with Crippen molar-refractivity contribution in [1.29, 1.82) is 0 Å². The van der Waals surface area contributed by atoms with Crippen molar-refractivity contribution in [2.75, 3.05) is 26.3 Å². The van der Waals surface area contributed by atoms with Gasteiger partial charge in [0, 0.05) is 13.1 Å². The lowest BCUT2D eigenvalue weighted by Crippen LogP contribution is -2.54. The molecular weight excluding hydrogens is 102 g/mol. The lowest BCUT2D eigenvalue weighted by atomic mass is 10.1. The van der Waals surface area contributed by atoms with Crippen molar-refractivity contribution in [2.45, 2.75) is 6.04 Å². The minimum Gasteiger partial charge on any atom is -0.378 e. The van der Waals surface area contributed by atoms with Gasteiger partial charge >= 0.3 is 0 Å². The van der Waals surface area contributed by atoms with Gasteiger partial charge in [-0.3, -0.25) is 4.90 Å². The molecule has 2 rings (SSSR count). The zero-order chi connectivity index (χ0) is 5.40. The Morgan fingerprint density at radius 2 is 2.12 bits per heavy atom. The molecule has 2 heterocycles. The monoisotopic (exact) mass is 112 g/mol. The molecule has 0 aromatic carbocycles. The van der Waals surface area contributed by atoms with Gasteiger partial charge in [-0.15, -0.1) is 0 Å². The zero-order valence-electron chi connectivity index (χ0n) is 4.84. The summed E-state index contributed by atoms with van der Waals surface area (Å²) in [6.45, 7) is 4.31. The van der Waals surface area contributed by atoms with E-state index in [0.717, 1.165) is 19.3 Å². The minimum absolute atomic E-state index is 0.764. The highest BCUT2D eigenvalue weighted by Gasteiger charge is 2.29.